The van der Waals surface area contributed by atoms with E-state index in [1.54, 1.807) is 21.0 Å². The smallest absolute Gasteiger partial charge is 0.374 e. The fourth-order valence-corrected chi connectivity index (χ4v) is 4.69. The van der Waals surface area contributed by atoms with E-state index >= 15 is 0 Å². The number of rotatable bonds is 12. The molecule has 12 heteroatoms. The Kier molecular flexibility index (Phi) is 14.5. The van der Waals surface area contributed by atoms with E-state index in [0.29, 0.717) is 6.61 Å². The van der Waals surface area contributed by atoms with Crippen molar-refractivity contribution in [2.24, 2.45) is 5.92 Å². The molecule has 1 aliphatic carbocycles. The molecule has 2 aromatic carbocycles. The maximum atomic E-state index is 13.7. The number of fused-ring (bicyclic) bond motifs is 1. The van der Waals surface area contributed by atoms with Crippen molar-refractivity contribution in [3.05, 3.63) is 71.3 Å². The fraction of sp³-hybridized carbons (Fsp3) is 0.500. The molecule has 0 spiro atoms. The largest absolute Gasteiger partial charge is 0.446 e. The van der Waals surface area contributed by atoms with Crippen LogP contribution in [0.3, 0.4) is 0 Å². The summed E-state index contributed by atoms with van der Waals surface area (Å²) < 4.78 is 37.2. The zero-order valence-corrected chi connectivity index (χ0v) is 25.8. The minimum atomic E-state index is -4.64. The topological polar surface area (TPSA) is 117 Å². The zero-order valence-electron chi connectivity index (χ0n) is 25.8. The first-order valence-electron chi connectivity index (χ1n) is 14.6. The van der Waals surface area contributed by atoms with E-state index < -0.39 is 30.6 Å². The van der Waals surface area contributed by atoms with E-state index in [-0.39, 0.29) is 36.3 Å². The summed E-state index contributed by atoms with van der Waals surface area (Å²) in [6, 6.07) is 15.7. The second-order valence-corrected chi connectivity index (χ2v) is 11.0. The molecule has 3 N–H and O–H groups in total. The Morgan fingerprint density at radius 3 is 2.23 bits per heavy atom. The van der Waals surface area contributed by atoms with Gasteiger partial charge in [0.15, 0.2) is 0 Å². The van der Waals surface area contributed by atoms with Crippen LogP contribution in [0.15, 0.2) is 54.6 Å². The molecule has 0 heterocycles. The molecule has 2 aromatic rings. The number of likely N-dealkylation sites (N-methyl/N-ethyl adjacent to an activating group) is 2. The van der Waals surface area contributed by atoms with Gasteiger partial charge in [0.2, 0.25) is 24.0 Å². The molecule has 0 radical (unpaired) electrons. The van der Waals surface area contributed by atoms with Gasteiger partial charge in [-0.25, -0.2) is 0 Å². The van der Waals surface area contributed by atoms with Gasteiger partial charge >= 0.3 is 6.18 Å². The summed E-state index contributed by atoms with van der Waals surface area (Å²) in [4.78, 5) is 50.1. The molecule has 0 fully saturated rings. The molecule has 9 nitrogen and oxygen atoms in total. The van der Waals surface area contributed by atoms with Crippen LogP contribution < -0.4 is 16.0 Å². The first kappa shape index (κ1) is 36.4. The van der Waals surface area contributed by atoms with E-state index in [0.717, 1.165) is 30.4 Å². The van der Waals surface area contributed by atoms with Gasteiger partial charge in [-0.05, 0) is 55.8 Å². The Morgan fingerprint density at radius 1 is 1.02 bits per heavy atom. The number of benzene rings is 2. The molecule has 3 rings (SSSR count). The Labute approximate surface area is 256 Å². The van der Waals surface area contributed by atoms with E-state index in [1.165, 1.54) is 10.5 Å². The molecule has 242 valence electrons. The third-order valence-electron chi connectivity index (χ3n) is 7.38. The van der Waals surface area contributed by atoms with Crippen molar-refractivity contribution in [2.45, 2.75) is 77.0 Å². The summed E-state index contributed by atoms with van der Waals surface area (Å²) in [5.74, 6) is -1.04. The number of carbonyl (C=O) groups is 4. The molecule has 4 atom stereocenters. The van der Waals surface area contributed by atoms with Crippen LogP contribution in [0.5, 0.6) is 0 Å². The monoisotopic (exact) mass is 620 g/mol. The highest BCUT2D eigenvalue weighted by molar-refractivity contribution is 5.93. The summed E-state index contributed by atoms with van der Waals surface area (Å²) in [5, 5.41) is 8.93. The van der Waals surface area contributed by atoms with Crippen molar-refractivity contribution in [1.82, 2.24) is 20.9 Å². The Bertz CT molecular complexity index is 1230. The van der Waals surface area contributed by atoms with Crippen LogP contribution in [-0.4, -0.2) is 73.9 Å². The van der Waals surface area contributed by atoms with Gasteiger partial charge in [0.25, 0.3) is 0 Å². The number of nitrogens with one attached hydrogen (secondary N) is 3. The highest BCUT2D eigenvalue weighted by Crippen LogP contribution is 2.29. The van der Waals surface area contributed by atoms with Crippen LogP contribution in [0.25, 0.3) is 0 Å². The number of hydrogen-bond donors (Lipinski definition) is 3. The molecule has 0 saturated carbocycles. The van der Waals surface area contributed by atoms with E-state index in [1.807, 2.05) is 56.3 Å². The highest BCUT2D eigenvalue weighted by atomic mass is 19.4. The predicted octanol–water partition coefficient (Wildman–Crippen LogP) is 3.72. The van der Waals surface area contributed by atoms with Gasteiger partial charge in [-0.2, -0.15) is 13.2 Å². The second kappa shape index (κ2) is 17.5. The minimum absolute atomic E-state index is 0.0308. The summed E-state index contributed by atoms with van der Waals surface area (Å²) >= 11 is 0. The summed E-state index contributed by atoms with van der Waals surface area (Å²) in [6.45, 7) is 5.84. The molecule has 0 bridgehead atoms. The molecule has 1 aliphatic rings. The quantitative estimate of drug-likeness (QED) is 0.312. The van der Waals surface area contributed by atoms with E-state index in [9.17, 15) is 27.6 Å². The molecular weight excluding hydrogens is 577 g/mol. The van der Waals surface area contributed by atoms with Crippen LogP contribution in [0.4, 0.5) is 13.2 Å². The molecule has 3 amide bonds. The first-order valence-corrected chi connectivity index (χ1v) is 14.6. The first-order chi connectivity index (χ1) is 20.8. The standard InChI is InChI=1S/C30H42N4O4.C2HF3O/c1-20(2)27(33-28(35)21(3)31-4)30(37)34(5)26(19-38-18-22-12-7-6-8-13-22)29(36)32-25-17-11-15-23-14-9-10-16-24(23)25;3-2(4,5)1-6/h6-10,12-14,16,20-21,25-27,31H,11,15,17-19H2,1-5H3,(H,32,36)(H,33,35);1H/t21-,25?,26-,27-;/m0./s1. The van der Waals surface area contributed by atoms with Crippen molar-refractivity contribution in [3.8, 4) is 0 Å². The maximum Gasteiger partial charge on any atom is 0.446 e. The van der Waals surface area contributed by atoms with Crippen molar-refractivity contribution in [1.29, 1.82) is 0 Å². The van der Waals surface area contributed by atoms with Crippen molar-refractivity contribution in [3.63, 3.8) is 0 Å². The van der Waals surface area contributed by atoms with Gasteiger partial charge in [-0.3, -0.25) is 19.2 Å². The van der Waals surface area contributed by atoms with Gasteiger partial charge in [-0.15, -0.1) is 0 Å². The van der Waals surface area contributed by atoms with Crippen LogP contribution >= 0.6 is 0 Å². The summed E-state index contributed by atoms with van der Waals surface area (Å²) in [5.41, 5.74) is 3.35. The zero-order chi connectivity index (χ0) is 32.9. The van der Waals surface area contributed by atoms with Gasteiger partial charge in [-0.1, -0.05) is 68.4 Å². The number of aldehydes is 1. The van der Waals surface area contributed by atoms with E-state index in [2.05, 4.69) is 28.1 Å². The number of halogens is 3. The van der Waals surface area contributed by atoms with Crippen LogP contribution in [-0.2, 0) is 36.9 Å². The second-order valence-electron chi connectivity index (χ2n) is 11.0. The summed E-state index contributed by atoms with van der Waals surface area (Å²) in [7, 11) is 3.30. The van der Waals surface area contributed by atoms with E-state index in [4.69, 9.17) is 9.53 Å². The third kappa shape index (κ3) is 11.4. The van der Waals surface area contributed by atoms with Crippen molar-refractivity contribution in [2.75, 3.05) is 20.7 Å². The number of amides is 3. The van der Waals surface area contributed by atoms with Crippen molar-refractivity contribution < 1.29 is 37.1 Å². The average Bonchev–Trinajstić information content (AvgIpc) is 3.01. The van der Waals surface area contributed by atoms with Crippen LogP contribution in [0.1, 0.15) is 56.3 Å². The van der Waals surface area contributed by atoms with Gasteiger partial charge in [0.1, 0.15) is 12.1 Å². The Hall–Kier alpha value is -3.77. The minimum Gasteiger partial charge on any atom is -0.374 e. The summed E-state index contributed by atoms with van der Waals surface area (Å²) in [6.07, 6.45) is -2.89. The average molecular weight is 621 g/mol. The lowest BCUT2D eigenvalue weighted by Gasteiger charge is -2.34. The number of alkyl halides is 3. The molecule has 1 unspecified atom stereocenters. The fourth-order valence-electron chi connectivity index (χ4n) is 4.69. The maximum absolute atomic E-state index is 13.7. The number of carbonyl (C=O) groups excluding carboxylic acids is 4. The Balaban J connectivity index is 0.00000102. The molecule has 0 saturated heterocycles. The number of aryl methyl sites for hydroxylation is 1. The SMILES string of the molecule is CN[C@@H](C)C(=O)N[C@H](C(=O)N(C)[C@@H](COCc1ccccc1)C(=O)NC1CCCc2ccccc21)C(C)C.O=CC(F)(F)F. The number of hydrogen-bond acceptors (Lipinski definition) is 6. The number of nitrogens with zero attached hydrogens (tertiary/aromatic N) is 1. The predicted molar refractivity (Wildman–Crippen MR) is 160 cm³/mol. The molecular formula is C32H43F3N4O5. The molecule has 0 aliphatic heterocycles. The molecule has 44 heavy (non-hydrogen) atoms. The Morgan fingerprint density at radius 2 is 1.64 bits per heavy atom. The van der Waals surface area contributed by atoms with Gasteiger partial charge < -0.3 is 25.6 Å². The van der Waals surface area contributed by atoms with Gasteiger partial charge in [0.05, 0.1) is 25.3 Å². The third-order valence-corrected chi connectivity index (χ3v) is 7.38. The lowest BCUT2D eigenvalue weighted by molar-refractivity contribution is -0.156. The van der Waals surface area contributed by atoms with Crippen LogP contribution in [0, 0.1) is 5.92 Å². The van der Waals surface area contributed by atoms with Crippen molar-refractivity contribution >= 4 is 24.0 Å². The lowest BCUT2D eigenvalue weighted by atomic mass is 9.87. The van der Waals surface area contributed by atoms with Gasteiger partial charge in [0, 0.05) is 7.05 Å². The normalized spacial score (nSPS) is 16.3. The number of ether oxygens (including phenoxy) is 1. The van der Waals surface area contributed by atoms with Crippen LogP contribution in [0.2, 0.25) is 0 Å². The lowest BCUT2D eigenvalue weighted by Crippen LogP contribution is -2.58. The molecule has 0 aromatic heterocycles. The highest BCUT2D eigenvalue weighted by Gasteiger charge is 2.35.